The summed E-state index contributed by atoms with van der Waals surface area (Å²) in [6.07, 6.45) is 9.84. The summed E-state index contributed by atoms with van der Waals surface area (Å²) in [4.78, 5) is 30.9. The van der Waals surface area contributed by atoms with Crippen molar-refractivity contribution in [1.29, 1.82) is 0 Å². The van der Waals surface area contributed by atoms with Crippen LogP contribution in [-0.4, -0.2) is 74.6 Å². The highest BCUT2D eigenvalue weighted by atomic mass is 16.4. The van der Waals surface area contributed by atoms with Crippen LogP contribution in [0.1, 0.15) is 71.1 Å². The minimum Gasteiger partial charge on any atom is -0.465 e. The molecule has 4 aliphatic heterocycles. The molecular formula is C21H33N3O3. The number of fused-ring (bicyclic) bond motifs is 2. The van der Waals surface area contributed by atoms with Gasteiger partial charge in [0.2, 0.25) is 5.91 Å². The average molecular weight is 376 g/mol. The molecule has 1 N–H and O–H groups in total. The highest BCUT2D eigenvalue weighted by molar-refractivity contribution is 5.78. The molecule has 0 aromatic carbocycles. The van der Waals surface area contributed by atoms with Crippen LogP contribution in [0.2, 0.25) is 0 Å². The van der Waals surface area contributed by atoms with Crippen LogP contribution >= 0.6 is 0 Å². The lowest BCUT2D eigenvalue weighted by Gasteiger charge is -2.59. The number of hydrogen-bond donors (Lipinski definition) is 1. The number of carbonyl (C=O) groups excluding carboxylic acids is 1. The third-order valence-corrected chi connectivity index (χ3v) is 8.77. The fourth-order valence-corrected chi connectivity index (χ4v) is 6.89. The Kier molecular flexibility index (Phi) is 4.01. The molecule has 4 saturated heterocycles. The van der Waals surface area contributed by atoms with E-state index in [1.165, 1.54) is 25.7 Å². The Morgan fingerprint density at radius 1 is 1.11 bits per heavy atom. The lowest BCUT2D eigenvalue weighted by atomic mass is 9.67. The van der Waals surface area contributed by atoms with Crippen molar-refractivity contribution < 1.29 is 14.7 Å². The summed E-state index contributed by atoms with van der Waals surface area (Å²) in [5, 5.41) is 9.67. The summed E-state index contributed by atoms with van der Waals surface area (Å²) in [6.45, 7) is 5.17. The summed E-state index contributed by atoms with van der Waals surface area (Å²) in [5.41, 5.74) is 0.130. The predicted octanol–water partition coefficient (Wildman–Crippen LogP) is 2.92. The second kappa shape index (κ2) is 6.10. The van der Waals surface area contributed by atoms with Gasteiger partial charge in [0.05, 0.1) is 0 Å². The van der Waals surface area contributed by atoms with Crippen molar-refractivity contribution in [2.45, 2.75) is 94.3 Å². The van der Waals surface area contributed by atoms with Crippen LogP contribution in [0.25, 0.3) is 0 Å². The van der Waals surface area contributed by atoms with Crippen LogP contribution < -0.4 is 0 Å². The number of nitrogens with zero attached hydrogens (tertiary/aromatic N) is 3. The minimum absolute atomic E-state index is 0.144. The first-order valence-corrected chi connectivity index (χ1v) is 11.0. The zero-order valence-electron chi connectivity index (χ0n) is 16.5. The molecule has 3 atom stereocenters. The Hall–Kier alpha value is -1.30. The van der Waals surface area contributed by atoms with E-state index in [0.717, 1.165) is 51.7 Å². The first kappa shape index (κ1) is 17.8. The highest BCUT2D eigenvalue weighted by Crippen LogP contribution is 2.49. The van der Waals surface area contributed by atoms with Crippen molar-refractivity contribution >= 4 is 12.0 Å². The predicted molar refractivity (Wildman–Crippen MR) is 102 cm³/mol. The lowest BCUT2D eigenvalue weighted by molar-refractivity contribution is -0.158. The van der Waals surface area contributed by atoms with Gasteiger partial charge in [-0.1, -0.05) is 6.92 Å². The van der Waals surface area contributed by atoms with Crippen molar-refractivity contribution in [3.8, 4) is 0 Å². The monoisotopic (exact) mass is 375 g/mol. The van der Waals surface area contributed by atoms with Gasteiger partial charge in [-0.3, -0.25) is 14.6 Å². The number of amides is 2. The third-order valence-electron chi connectivity index (χ3n) is 8.77. The summed E-state index contributed by atoms with van der Waals surface area (Å²) >= 11 is 0. The molecule has 2 bridgehead atoms. The van der Waals surface area contributed by atoms with Gasteiger partial charge in [-0.2, -0.15) is 0 Å². The molecular weight excluding hydrogens is 342 g/mol. The first-order chi connectivity index (χ1) is 13.0. The van der Waals surface area contributed by atoms with Gasteiger partial charge in [0.25, 0.3) is 0 Å². The maximum absolute atomic E-state index is 12.7. The summed E-state index contributed by atoms with van der Waals surface area (Å²) in [5.74, 6) is 0.888. The molecule has 150 valence electrons. The molecule has 5 rings (SSSR count). The molecule has 2 amide bonds. The van der Waals surface area contributed by atoms with Crippen molar-refractivity contribution in [2.24, 2.45) is 5.92 Å². The number of likely N-dealkylation sites (tertiary alicyclic amines) is 2. The minimum atomic E-state index is -0.732. The van der Waals surface area contributed by atoms with E-state index in [0.29, 0.717) is 24.3 Å². The Bertz CT molecular complexity index is 637. The number of carbonyl (C=O) groups is 2. The molecule has 1 spiro atoms. The largest absolute Gasteiger partial charge is 0.465 e. The molecule has 6 heteroatoms. The third kappa shape index (κ3) is 2.55. The van der Waals surface area contributed by atoms with Crippen LogP contribution in [0, 0.1) is 5.92 Å². The number of hydrogen-bond acceptors (Lipinski definition) is 3. The van der Waals surface area contributed by atoms with E-state index in [1.807, 2.05) is 0 Å². The van der Waals surface area contributed by atoms with Crippen LogP contribution in [0.15, 0.2) is 0 Å². The van der Waals surface area contributed by atoms with E-state index < -0.39 is 6.09 Å². The quantitative estimate of drug-likeness (QED) is 0.821. The van der Waals surface area contributed by atoms with Gasteiger partial charge >= 0.3 is 6.09 Å². The lowest BCUT2D eigenvalue weighted by Crippen LogP contribution is -2.66. The maximum atomic E-state index is 12.7. The SMILES string of the molecule is CCC12CCC(CC(N3CC(CC(=O)N4CCC45CCC5)C3)C1)N2C(=O)O. The maximum Gasteiger partial charge on any atom is 0.408 e. The summed E-state index contributed by atoms with van der Waals surface area (Å²) in [7, 11) is 0. The summed E-state index contributed by atoms with van der Waals surface area (Å²) < 4.78 is 0. The molecule has 6 nitrogen and oxygen atoms in total. The van der Waals surface area contributed by atoms with E-state index in [1.54, 1.807) is 4.90 Å². The molecule has 5 fully saturated rings. The molecule has 4 heterocycles. The molecule has 0 radical (unpaired) electrons. The normalized spacial score (nSPS) is 37.7. The van der Waals surface area contributed by atoms with Gasteiger partial charge < -0.3 is 10.0 Å². The molecule has 0 aromatic heterocycles. The molecule has 27 heavy (non-hydrogen) atoms. The zero-order valence-corrected chi connectivity index (χ0v) is 16.5. The van der Waals surface area contributed by atoms with Crippen molar-refractivity contribution in [3.05, 3.63) is 0 Å². The number of carboxylic acid groups (broad SMARTS) is 1. The first-order valence-electron chi connectivity index (χ1n) is 11.0. The smallest absolute Gasteiger partial charge is 0.408 e. The van der Waals surface area contributed by atoms with Crippen molar-refractivity contribution in [2.75, 3.05) is 19.6 Å². The molecule has 0 aromatic rings. The van der Waals surface area contributed by atoms with E-state index in [9.17, 15) is 14.7 Å². The Morgan fingerprint density at radius 2 is 1.89 bits per heavy atom. The Labute approximate surface area is 161 Å². The number of rotatable bonds is 4. The fourth-order valence-electron chi connectivity index (χ4n) is 6.89. The van der Waals surface area contributed by atoms with Gasteiger partial charge in [0.15, 0.2) is 0 Å². The standard InChI is InChI=1S/C21H33N3O3/c1-2-20-7-4-16(24(20)19(26)27)11-17(12-20)22-13-15(14-22)10-18(25)23-9-8-21(23)5-3-6-21/h15-17H,2-14H2,1H3,(H,26,27). The topological polar surface area (TPSA) is 64.1 Å². The Morgan fingerprint density at radius 3 is 2.44 bits per heavy atom. The van der Waals surface area contributed by atoms with Crippen molar-refractivity contribution in [1.82, 2.24) is 14.7 Å². The average Bonchev–Trinajstić information content (AvgIpc) is 2.76. The molecule has 1 saturated carbocycles. The van der Waals surface area contributed by atoms with Crippen LogP contribution in [0.5, 0.6) is 0 Å². The zero-order chi connectivity index (χ0) is 18.8. The van der Waals surface area contributed by atoms with Gasteiger partial charge in [-0.25, -0.2) is 4.79 Å². The van der Waals surface area contributed by atoms with E-state index >= 15 is 0 Å². The van der Waals surface area contributed by atoms with Crippen LogP contribution in [-0.2, 0) is 4.79 Å². The van der Waals surface area contributed by atoms with Gasteiger partial charge in [-0.15, -0.1) is 0 Å². The van der Waals surface area contributed by atoms with Crippen molar-refractivity contribution in [3.63, 3.8) is 0 Å². The second-order valence-electron chi connectivity index (χ2n) is 9.91. The van der Waals surface area contributed by atoms with E-state index in [2.05, 4.69) is 16.7 Å². The number of piperidine rings is 1. The highest BCUT2D eigenvalue weighted by Gasteiger charge is 2.55. The fraction of sp³-hybridized carbons (Fsp3) is 0.905. The van der Waals surface area contributed by atoms with Crippen LogP contribution in [0.3, 0.4) is 0 Å². The van der Waals surface area contributed by atoms with E-state index in [-0.39, 0.29) is 17.1 Å². The molecule has 5 aliphatic rings. The van der Waals surface area contributed by atoms with Crippen LogP contribution in [0.4, 0.5) is 4.79 Å². The Balaban J connectivity index is 1.15. The summed E-state index contributed by atoms with van der Waals surface area (Å²) in [6, 6.07) is 0.697. The van der Waals surface area contributed by atoms with E-state index in [4.69, 9.17) is 0 Å². The van der Waals surface area contributed by atoms with Gasteiger partial charge in [0.1, 0.15) is 0 Å². The second-order valence-corrected chi connectivity index (χ2v) is 9.91. The molecule has 1 aliphatic carbocycles. The van der Waals surface area contributed by atoms with Gasteiger partial charge in [-0.05, 0) is 63.7 Å². The van der Waals surface area contributed by atoms with Gasteiger partial charge in [0, 0.05) is 49.2 Å². The molecule has 3 unspecified atom stereocenters.